The molecule has 6 heteroatoms. The highest BCUT2D eigenvalue weighted by atomic mass is 35.5. The molecule has 0 saturated carbocycles. The number of halogens is 1. The molecule has 4 nitrogen and oxygen atoms in total. The number of hydrogen-bond acceptors (Lipinski definition) is 3. The SMILES string of the molecule is CCc1nn(C)cc1CNc1cc(Cl)ccc1C(N)=S. The normalized spacial score (nSPS) is 10.6. The highest BCUT2D eigenvalue weighted by molar-refractivity contribution is 7.80. The maximum Gasteiger partial charge on any atom is 0.106 e. The number of nitrogens with two attached hydrogens (primary N) is 1. The van der Waals surface area contributed by atoms with Gasteiger partial charge in [-0.05, 0) is 24.6 Å². The molecule has 2 aromatic rings. The summed E-state index contributed by atoms with van der Waals surface area (Å²) in [5.41, 5.74) is 9.61. The van der Waals surface area contributed by atoms with E-state index < -0.39 is 0 Å². The van der Waals surface area contributed by atoms with Crippen molar-refractivity contribution in [3.05, 3.63) is 46.2 Å². The van der Waals surface area contributed by atoms with Gasteiger partial charge in [-0.15, -0.1) is 0 Å². The van der Waals surface area contributed by atoms with Crippen LogP contribution < -0.4 is 11.1 Å². The van der Waals surface area contributed by atoms with Crippen LogP contribution in [0.5, 0.6) is 0 Å². The summed E-state index contributed by atoms with van der Waals surface area (Å²) in [6, 6.07) is 5.44. The van der Waals surface area contributed by atoms with E-state index in [2.05, 4.69) is 17.3 Å². The quantitative estimate of drug-likeness (QED) is 0.834. The molecule has 1 aromatic carbocycles. The number of aryl methyl sites for hydroxylation is 2. The van der Waals surface area contributed by atoms with E-state index in [4.69, 9.17) is 29.6 Å². The van der Waals surface area contributed by atoms with Crippen LogP contribution in [0, 0.1) is 0 Å². The topological polar surface area (TPSA) is 55.9 Å². The predicted molar refractivity (Wildman–Crippen MR) is 87.3 cm³/mol. The van der Waals surface area contributed by atoms with Crippen LogP contribution in [0.4, 0.5) is 5.69 Å². The van der Waals surface area contributed by atoms with Gasteiger partial charge in [0.2, 0.25) is 0 Å². The van der Waals surface area contributed by atoms with Crippen LogP contribution >= 0.6 is 23.8 Å². The lowest BCUT2D eigenvalue weighted by Crippen LogP contribution is -2.13. The Labute approximate surface area is 128 Å². The van der Waals surface area contributed by atoms with Gasteiger partial charge in [0.15, 0.2) is 0 Å². The summed E-state index contributed by atoms with van der Waals surface area (Å²) in [5, 5.41) is 8.40. The first-order valence-corrected chi connectivity index (χ1v) is 7.14. The van der Waals surface area contributed by atoms with Crippen molar-refractivity contribution in [3.63, 3.8) is 0 Å². The fourth-order valence-electron chi connectivity index (χ4n) is 2.10. The van der Waals surface area contributed by atoms with Gasteiger partial charge >= 0.3 is 0 Å². The van der Waals surface area contributed by atoms with Crippen LogP contribution in [0.2, 0.25) is 5.02 Å². The Morgan fingerprint density at radius 1 is 1.50 bits per heavy atom. The van der Waals surface area contributed by atoms with Gasteiger partial charge in [-0.1, -0.05) is 30.7 Å². The zero-order chi connectivity index (χ0) is 14.7. The van der Waals surface area contributed by atoms with Gasteiger partial charge in [-0.2, -0.15) is 5.10 Å². The van der Waals surface area contributed by atoms with Gasteiger partial charge in [0.1, 0.15) is 4.99 Å². The number of nitrogens with one attached hydrogen (secondary N) is 1. The van der Waals surface area contributed by atoms with Crippen LogP contribution in [0.15, 0.2) is 24.4 Å². The number of nitrogens with zero attached hydrogens (tertiary/aromatic N) is 2. The molecule has 0 atom stereocenters. The molecular weight excluding hydrogens is 292 g/mol. The first kappa shape index (κ1) is 14.8. The molecule has 1 heterocycles. The number of aromatic nitrogens is 2. The third-order valence-corrected chi connectivity index (χ3v) is 3.50. The smallest absolute Gasteiger partial charge is 0.106 e. The molecule has 0 radical (unpaired) electrons. The molecular formula is C14H17ClN4S. The summed E-state index contributed by atoms with van der Waals surface area (Å²) in [6.45, 7) is 2.75. The fourth-order valence-corrected chi connectivity index (χ4v) is 2.45. The molecule has 0 saturated heterocycles. The molecule has 0 amide bonds. The van der Waals surface area contributed by atoms with E-state index in [1.165, 1.54) is 0 Å². The second-order valence-corrected chi connectivity index (χ2v) is 5.41. The van der Waals surface area contributed by atoms with Crippen molar-refractivity contribution in [3.8, 4) is 0 Å². The summed E-state index contributed by atoms with van der Waals surface area (Å²) in [5.74, 6) is 0. The van der Waals surface area contributed by atoms with Crippen molar-refractivity contribution in [1.29, 1.82) is 0 Å². The van der Waals surface area contributed by atoms with Gasteiger partial charge in [-0.3, -0.25) is 4.68 Å². The minimum Gasteiger partial charge on any atom is -0.389 e. The molecule has 20 heavy (non-hydrogen) atoms. The minimum atomic E-state index is 0.353. The largest absolute Gasteiger partial charge is 0.389 e. The van der Waals surface area contributed by atoms with Crippen molar-refractivity contribution in [2.75, 3.05) is 5.32 Å². The summed E-state index contributed by atoms with van der Waals surface area (Å²) in [4.78, 5) is 0.353. The number of rotatable bonds is 5. The number of hydrogen-bond donors (Lipinski definition) is 2. The van der Waals surface area contributed by atoms with Crippen molar-refractivity contribution >= 4 is 34.5 Å². The monoisotopic (exact) mass is 308 g/mol. The molecule has 106 valence electrons. The molecule has 1 aromatic heterocycles. The number of benzene rings is 1. The van der Waals surface area contributed by atoms with E-state index in [1.54, 1.807) is 6.07 Å². The number of anilines is 1. The molecule has 0 fully saturated rings. The van der Waals surface area contributed by atoms with E-state index >= 15 is 0 Å². The van der Waals surface area contributed by atoms with Crippen molar-refractivity contribution < 1.29 is 0 Å². The predicted octanol–water partition coefficient (Wildman–Crippen LogP) is 2.88. The molecule has 2 rings (SSSR count). The zero-order valence-corrected chi connectivity index (χ0v) is 13.1. The van der Waals surface area contributed by atoms with Crippen molar-refractivity contribution in [1.82, 2.24) is 9.78 Å². The van der Waals surface area contributed by atoms with Crippen LogP contribution in [-0.4, -0.2) is 14.8 Å². The summed E-state index contributed by atoms with van der Waals surface area (Å²) in [6.07, 6.45) is 2.91. The summed E-state index contributed by atoms with van der Waals surface area (Å²) in [7, 11) is 1.92. The Bertz CT molecular complexity index is 636. The molecule has 3 N–H and O–H groups in total. The summed E-state index contributed by atoms with van der Waals surface area (Å²) >= 11 is 11.1. The minimum absolute atomic E-state index is 0.353. The Hall–Kier alpha value is -1.59. The highest BCUT2D eigenvalue weighted by Gasteiger charge is 2.09. The lowest BCUT2D eigenvalue weighted by molar-refractivity contribution is 0.746. The lowest BCUT2D eigenvalue weighted by Gasteiger charge is -2.11. The summed E-state index contributed by atoms with van der Waals surface area (Å²) < 4.78 is 1.82. The molecule has 0 unspecified atom stereocenters. The third-order valence-electron chi connectivity index (χ3n) is 3.04. The lowest BCUT2D eigenvalue weighted by atomic mass is 10.1. The van der Waals surface area contributed by atoms with E-state index in [-0.39, 0.29) is 0 Å². The standard InChI is InChI=1S/C14H17ClN4S/c1-3-12-9(8-19(2)18-12)7-17-13-6-10(15)4-5-11(13)14(16)20/h4-6,8,17H,3,7H2,1-2H3,(H2,16,20). The van der Waals surface area contributed by atoms with Crippen LogP contribution in [-0.2, 0) is 20.0 Å². The number of thiocarbonyl (C=S) groups is 1. The molecule has 0 aliphatic carbocycles. The zero-order valence-electron chi connectivity index (χ0n) is 11.5. The highest BCUT2D eigenvalue weighted by Crippen LogP contribution is 2.22. The van der Waals surface area contributed by atoms with E-state index in [0.717, 1.165) is 28.9 Å². The van der Waals surface area contributed by atoms with Gasteiger partial charge in [-0.25, -0.2) is 0 Å². The maximum absolute atomic E-state index is 6.03. The molecule has 0 bridgehead atoms. The van der Waals surface area contributed by atoms with Crippen LogP contribution in [0.1, 0.15) is 23.7 Å². The van der Waals surface area contributed by atoms with E-state index in [1.807, 2.05) is 30.1 Å². The van der Waals surface area contributed by atoms with Crippen LogP contribution in [0.25, 0.3) is 0 Å². The third kappa shape index (κ3) is 3.29. The van der Waals surface area contributed by atoms with E-state index in [0.29, 0.717) is 16.6 Å². The molecule has 0 aliphatic heterocycles. The Kier molecular flexibility index (Phi) is 4.62. The van der Waals surface area contributed by atoms with Crippen LogP contribution in [0.3, 0.4) is 0 Å². The average Bonchev–Trinajstić information content (AvgIpc) is 2.76. The van der Waals surface area contributed by atoms with Gasteiger partial charge in [0.25, 0.3) is 0 Å². The second-order valence-electron chi connectivity index (χ2n) is 4.54. The molecule has 0 aliphatic rings. The van der Waals surface area contributed by atoms with Crippen molar-refractivity contribution in [2.24, 2.45) is 12.8 Å². The Balaban J connectivity index is 2.22. The van der Waals surface area contributed by atoms with E-state index in [9.17, 15) is 0 Å². The van der Waals surface area contributed by atoms with Gasteiger partial charge < -0.3 is 11.1 Å². The fraction of sp³-hybridized carbons (Fsp3) is 0.286. The van der Waals surface area contributed by atoms with Gasteiger partial charge in [0.05, 0.1) is 5.69 Å². The first-order valence-electron chi connectivity index (χ1n) is 6.36. The Morgan fingerprint density at radius 3 is 2.90 bits per heavy atom. The Morgan fingerprint density at radius 2 is 2.25 bits per heavy atom. The maximum atomic E-state index is 6.03. The molecule has 0 spiro atoms. The second kappa shape index (κ2) is 6.24. The first-order chi connectivity index (χ1) is 9.51. The van der Waals surface area contributed by atoms with Gasteiger partial charge in [0, 0.05) is 41.6 Å². The van der Waals surface area contributed by atoms with Crippen molar-refractivity contribution in [2.45, 2.75) is 19.9 Å². The average molecular weight is 309 g/mol.